The molecule has 0 saturated carbocycles. The van der Waals surface area contributed by atoms with Gasteiger partial charge in [0.25, 0.3) is 5.91 Å². The lowest BCUT2D eigenvalue weighted by atomic mass is 10.1. The van der Waals surface area contributed by atoms with E-state index in [-0.39, 0.29) is 5.91 Å². The van der Waals surface area contributed by atoms with Crippen LogP contribution >= 0.6 is 12.6 Å². The van der Waals surface area contributed by atoms with E-state index in [9.17, 15) is 4.79 Å². The van der Waals surface area contributed by atoms with Crippen molar-refractivity contribution in [3.8, 4) is 11.4 Å². The molecule has 3 rings (SSSR count). The second kappa shape index (κ2) is 5.76. The quantitative estimate of drug-likeness (QED) is 0.648. The normalized spacial score (nSPS) is 10.3. The van der Waals surface area contributed by atoms with Gasteiger partial charge < -0.3 is 5.32 Å². The van der Waals surface area contributed by atoms with Gasteiger partial charge in [0.15, 0.2) is 0 Å². The number of thiol groups is 1. The van der Waals surface area contributed by atoms with Gasteiger partial charge >= 0.3 is 0 Å². The average Bonchev–Trinajstić information content (AvgIpc) is 3.02. The van der Waals surface area contributed by atoms with Crippen LogP contribution in [0.4, 0.5) is 5.69 Å². The molecule has 1 heterocycles. The monoisotopic (exact) mass is 297 g/mol. The molecule has 21 heavy (non-hydrogen) atoms. The third kappa shape index (κ3) is 3.09. The number of benzene rings is 2. The molecule has 7 heteroatoms. The molecule has 3 aromatic rings. The summed E-state index contributed by atoms with van der Waals surface area (Å²) in [5, 5.41) is 16.6. The highest BCUT2D eigenvalue weighted by atomic mass is 32.1. The summed E-state index contributed by atoms with van der Waals surface area (Å²) in [6, 6.07) is 14.3. The molecule has 0 unspecified atom stereocenters. The molecule has 0 fully saturated rings. The van der Waals surface area contributed by atoms with Gasteiger partial charge in [0.05, 0.1) is 0 Å². The standard InChI is InChI=1S/C14H11N5OS/c20-14(9-4-2-1-3-5-9)15-11-6-10(7-12(21)8-11)13-16-18-19-17-13/h1-8,21H,(H,15,20)(H,16,17,18,19). The molecular weight excluding hydrogens is 286 g/mol. The number of carbonyl (C=O) groups excluding carboxylic acids is 1. The van der Waals surface area contributed by atoms with Gasteiger partial charge in [-0.15, -0.1) is 22.8 Å². The number of H-pyrrole nitrogens is 1. The van der Waals surface area contributed by atoms with E-state index in [4.69, 9.17) is 0 Å². The lowest BCUT2D eigenvalue weighted by Crippen LogP contribution is -2.11. The highest BCUT2D eigenvalue weighted by Crippen LogP contribution is 2.24. The number of rotatable bonds is 3. The molecule has 0 aliphatic heterocycles. The number of amides is 1. The molecule has 0 atom stereocenters. The maximum Gasteiger partial charge on any atom is 0.255 e. The minimum absolute atomic E-state index is 0.186. The molecule has 6 nitrogen and oxygen atoms in total. The number of hydrogen-bond acceptors (Lipinski definition) is 5. The molecule has 0 bridgehead atoms. The van der Waals surface area contributed by atoms with Gasteiger partial charge in [-0.25, -0.2) is 0 Å². The van der Waals surface area contributed by atoms with Crippen LogP contribution in [0.25, 0.3) is 11.4 Å². The Morgan fingerprint density at radius 2 is 1.95 bits per heavy atom. The van der Waals surface area contributed by atoms with E-state index < -0.39 is 0 Å². The number of tetrazole rings is 1. The fourth-order valence-corrected chi connectivity index (χ4v) is 2.17. The van der Waals surface area contributed by atoms with Crippen molar-refractivity contribution >= 4 is 24.2 Å². The van der Waals surface area contributed by atoms with E-state index >= 15 is 0 Å². The first-order valence-corrected chi connectivity index (χ1v) is 6.61. The third-order valence-corrected chi connectivity index (χ3v) is 3.07. The van der Waals surface area contributed by atoms with Crippen molar-refractivity contribution in [3.63, 3.8) is 0 Å². The Morgan fingerprint density at radius 3 is 2.67 bits per heavy atom. The van der Waals surface area contributed by atoms with E-state index in [2.05, 4.69) is 38.6 Å². The van der Waals surface area contributed by atoms with E-state index in [1.807, 2.05) is 18.2 Å². The van der Waals surface area contributed by atoms with Crippen molar-refractivity contribution in [2.45, 2.75) is 4.90 Å². The van der Waals surface area contributed by atoms with Crippen molar-refractivity contribution in [1.82, 2.24) is 20.6 Å². The second-order valence-corrected chi connectivity index (χ2v) is 4.84. The zero-order valence-electron chi connectivity index (χ0n) is 10.8. The van der Waals surface area contributed by atoms with Gasteiger partial charge in [0.2, 0.25) is 5.82 Å². The number of nitrogens with zero attached hydrogens (tertiary/aromatic N) is 3. The summed E-state index contributed by atoms with van der Waals surface area (Å²) in [6.07, 6.45) is 0. The van der Waals surface area contributed by atoms with Crippen LogP contribution in [0.15, 0.2) is 53.4 Å². The topological polar surface area (TPSA) is 83.6 Å². The van der Waals surface area contributed by atoms with Crippen LogP contribution in [0.3, 0.4) is 0 Å². The second-order valence-electron chi connectivity index (χ2n) is 4.32. The molecule has 0 aliphatic rings. The Morgan fingerprint density at radius 1 is 1.14 bits per heavy atom. The Hall–Kier alpha value is -2.67. The Balaban J connectivity index is 1.88. The molecular formula is C14H11N5OS. The van der Waals surface area contributed by atoms with Gasteiger partial charge in [0.1, 0.15) is 0 Å². The first-order chi connectivity index (χ1) is 10.2. The third-order valence-electron chi connectivity index (χ3n) is 2.82. The van der Waals surface area contributed by atoms with Gasteiger partial charge in [-0.1, -0.05) is 18.2 Å². The maximum atomic E-state index is 12.1. The summed E-state index contributed by atoms with van der Waals surface area (Å²) in [4.78, 5) is 12.8. The number of hydrogen-bond donors (Lipinski definition) is 3. The maximum absolute atomic E-state index is 12.1. The summed E-state index contributed by atoms with van der Waals surface area (Å²) < 4.78 is 0. The highest BCUT2D eigenvalue weighted by molar-refractivity contribution is 7.80. The van der Waals surface area contributed by atoms with Crippen LogP contribution in [0.1, 0.15) is 10.4 Å². The van der Waals surface area contributed by atoms with Crippen LogP contribution in [0.2, 0.25) is 0 Å². The van der Waals surface area contributed by atoms with Crippen molar-refractivity contribution in [2.24, 2.45) is 0 Å². The molecule has 104 valence electrons. The fourth-order valence-electron chi connectivity index (χ4n) is 1.89. The van der Waals surface area contributed by atoms with Gasteiger partial charge in [-0.3, -0.25) is 4.79 Å². The van der Waals surface area contributed by atoms with Gasteiger partial charge in [-0.05, 0) is 35.5 Å². The Kier molecular flexibility index (Phi) is 3.65. The minimum atomic E-state index is -0.186. The number of aromatic amines is 1. The molecule has 0 radical (unpaired) electrons. The zero-order chi connectivity index (χ0) is 14.7. The predicted octanol–water partition coefficient (Wildman–Crippen LogP) is 2.41. The molecule has 1 aromatic heterocycles. The van der Waals surface area contributed by atoms with Crippen LogP contribution < -0.4 is 5.32 Å². The summed E-state index contributed by atoms with van der Waals surface area (Å²) >= 11 is 4.33. The van der Waals surface area contributed by atoms with Crippen molar-refractivity contribution in [3.05, 3.63) is 54.1 Å². The molecule has 1 amide bonds. The first-order valence-electron chi connectivity index (χ1n) is 6.16. The summed E-state index contributed by atoms with van der Waals surface area (Å²) in [5.41, 5.74) is 1.93. The number of nitrogens with one attached hydrogen (secondary N) is 2. The number of anilines is 1. The smallest absolute Gasteiger partial charge is 0.255 e. The molecule has 2 aromatic carbocycles. The van der Waals surface area contributed by atoms with E-state index in [0.29, 0.717) is 22.0 Å². The summed E-state index contributed by atoms with van der Waals surface area (Å²) in [6.45, 7) is 0. The molecule has 0 aliphatic carbocycles. The Labute approximate surface area is 126 Å². The van der Waals surface area contributed by atoms with E-state index in [1.165, 1.54) is 0 Å². The molecule has 2 N–H and O–H groups in total. The fraction of sp³-hybridized carbons (Fsp3) is 0. The summed E-state index contributed by atoms with van der Waals surface area (Å²) in [7, 11) is 0. The van der Waals surface area contributed by atoms with Crippen LogP contribution in [-0.4, -0.2) is 26.5 Å². The number of aromatic nitrogens is 4. The van der Waals surface area contributed by atoms with E-state index in [1.54, 1.807) is 30.3 Å². The number of carbonyl (C=O) groups is 1. The minimum Gasteiger partial charge on any atom is -0.322 e. The van der Waals surface area contributed by atoms with Crippen molar-refractivity contribution < 1.29 is 4.79 Å². The van der Waals surface area contributed by atoms with E-state index in [0.717, 1.165) is 5.56 Å². The summed E-state index contributed by atoms with van der Waals surface area (Å²) in [5.74, 6) is 0.259. The largest absolute Gasteiger partial charge is 0.322 e. The molecule has 0 spiro atoms. The van der Waals surface area contributed by atoms with Crippen molar-refractivity contribution in [2.75, 3.05) is 5.32 Å². The van der Waals surface area contributed by atoms with Crippen LogP contribution in [-0.2, 0) is 0 Å². The van der Waals surface area contributed by atoms with Gasteiger partial charge in [0, 0.05) is 21.7 Å². The van der Waals surface area contributed by atoms with Crippen LogP contribution in [0, 0.1) is 0 Å². The average molecular weight is 297 g/mol. The first kappa shape index (κ1) is 13.3. The lowest BCUT2D eigenvalue weighted by molar-refractivity contribution is 0.102. The lowest BCUT2D eigenvalue weighted by Gasteiger charge is -2.07. The predicted molar refractivity (Wildman–Crippen MR) is 81.3 cm³/mol. The van der Waals surface area contributed by atoms with Crippen molar-refractivity contribution in [1.29, 1.82) is 0 Å². The van der Waals surface area contributed by atoms with Gasteiger partial charge in [-0.2, -0.15) is 5.21 Å². The zero-order valence-corrected chi connectivity index (χ0v) is 11.7. The Bertz CT molecular complexity index is 758. The van der Waals surface area contributed by atoms with Crippen LogP contribution in [0.5, 0.6) is 0 Å². The highest BCUT2D eigenvalue weighted by Gasteiger charge is 2.09. The SMILES string of the molecule is O=C(Nc1cc(S)cc(-c2nn[nH]n2)c1)c1ccccc1. The molecule has 0 saturated heterocycles.